The van der Waals surface area contributed by atoms with Gasteiger partial charge in [0.2, 0.25) is 0 Å². The molecule has 5 heteroatoms. The van der Waals surface area contributed by atoms with Crippen molar-refractivity contribution in [1.29, 1.82) is 0 Å². The van der Waals surface area contributed by atoms with Crippen LogP contribution in [0.15, 0.2) is 71.8 Å². The lowest BCUT2D eigenvalue weighted by Crippen LogP contribution is -2.25. The Hall–Kier alpha value is -3.18. The lowest BCUT2D eigenvalue weighted by Gasteiger charge is -2.08. The van der Waals surface area contributed by atoms with Crippen LogP contribution in [0, 0.1) is 0 Å². The molecular weight excluding hydrogens is 304 g/mol. The number of hydrazone groups is 1. The number of carbonyl (C=O) groups is 1. The molecule has 0 bridgehead atoms. The van der Waals surface area contributed by atoms with E-state index in [9.17, 15) is 15.0 Å². The molecule has 1 amide bonds. The zero-order chi connectivity index (χ0) is 16.9. The average Bonchev–Trinajstić information content (AvgIpc) is 2.64. The maximum absolute atomic E-state index is 11.9. The SMILES string of the molecule is O=C(N/N=C\c1ccc2ccccc2c1O)[C@@H](O)c1ccccc1. The summed E-state index contributed by atoms with van der Waals surface area (Å²) < 4.78 is 0. The highest BCUT2D eigenvalue weighted by Gasteiger charge is 2.16. The molecule has 24 heavy (non-hydrogen) atoms. The van der Waals surface area contributed by atoms with E-state index in [0.29, 0.717) is 16.5 Å². The van der Waals surface area contributed by atoms with Crippen LogP contribution in [-0.4, -0.2) is 22.3 Å². The van der Waals surface area contributed by atoms with Gasteiger partial charge >= 0.3 is 0 Å². The monoisotopic (exact) mass is 320 g/mol. The van der Waals surface area contributed by atoms with Crippen molar-refractivity contribution in [3.05, 3.63) is 77.9 Å². The van der Waals surface area contributed by atoms with Crippen molar-refractivity contribution in [2.75, 3.05) is 0 Å². The molecule has 0 saturated heterocycles. The zero-order valence-corrected chi connectivity index (χ0v) is 12.8. The molecule has 0 aromatic heterocycles. The molecule has 3 N–H and O–H groups in total. The summed E-state index contributed by atoms with van der Waals surface area (Å²) in [5.41, 5.74) is 3.23. The lowest BCUT2D eigenvalue weighted by atomic mass is 10.1. The largest absolute Gasteiger partial charge is 0.507 e. The fourth-order valence-corrected chi connectivity index (χ4v) is 2.39. The van der Waals surface area contributed by atoms with E-state index in [2.05, 4.69) is 10.5 Å². The van der Waals surface area contributed by atoms with Gasteiger partial charge in [-0.25, -0.2) is 5.43 Å². The number of aliphatic hydroxyl groups is 1. The Bertz CT molecular complexity index is 892. The van der Waals surface area contributed by atoms with E-state index < -0.39 is 12.0 Å². The Kier molecular flexibility index (Phi) is 4.54. The summed E-state index contributed by atoms with van der Waals surface area (Å²) in [5.74, 6) is -0.549. The molecule has 0 fully saturated rings. The molecule has 0 unspecified atom stereocenters. The van der Waals surface area contributed by atoms with Crippen molar-refractivity contribution in [3.63, 3.8) is 0 Å². The van der Waals surface area contributed by atoms with Crippen molar-refractivity contribution < 1.29 is 15.0 Å². The molecule has 0 aliphatic carbocycles. The maximum atomic E-state index is 11.9. The summed E-state index contributed by atoms with van der Waals surface area (Å²) in [4.78, 5) is 11.9. The maximum Gasteiger partial charge on any atom is 0.273 e. The van der Waals surface area contributed by atoms with E-state index in [1.807, 2.05) is 24.3 Å². The first-order chi connectivity index (χ1) is 11.7. The number of hydrogen-bond donors (Lipinski definition) is 3. The minimum absolute atomic E-state index is 0.0923. The molecule has 0 saturated carbocycles. The lowest BCUT2D eigenvalue weighted by molar-refractivity contribution is -0.129. The Labute approximate surface area is 138 Å². The fraction of sp³-hybridized carbons (Fsp3) is 0.0526. The quantitative estimate of drug-likeness (QED) is 0.510. The Balaban J connectivity index is 1.72. The second-order valence-corrected chi connectivity index (χ2v) is 5.27. The summed E-state index contributed by atoms with van der Waals surface area (Å²) in [7, 11) is 0. The second kappa shape index (κ2) is 6.93. The zero-order valence-electron chi connectivity index (χ0n) is 12.8. The topological polar surface area (TPSA) is 81.9 Å². The van der Waals surface area contributed by atoms with E-state index >= 15 is 0 Å². The van der Waals surface area contributed by atoms with Gasteiger partial charge in [-0.1, -0.05) is 60.7 Å². The highest BCUT2D eigenvalue weighted by molar-refractivity contribution is 5.97. The summed E-state index contributed by atoms with van der Waals surface area (Å²) in [6, 6.07) is 19.6. The number of phenols is 1. The average molecular weight is 320 g/mol. The number of nitrogens with one attached hydrogen (secondary N) is 1. The van der Waals surface area contributed by atoms with Crippen molar-refractivity contribution in [1.82, 2.24) is 5.43 Å². The number of fused-ring (bicyclic) bond motifs is 1. The Morgan fingerprint density at radius 1 is 1.00 bits per heavy atom. The molecule has 0 aliphatic heterocycles. The van der Waals surface area contributed by atoms with Crippen LogP contribution in [-0.2, 0) is 4.79 Å². The third-order valence-electron chi connectivity index (χ3n) is 3.67. The number of phenolic OH excluding ortho intramolecular Hbond substituents is 1. The van der Waals surface area contributed by atoms with Crippen molar-refractivity contribution >= 4 is 22.9 Å². The standard InChI is InChI=1S/C19H16N2O3/c22-17-15(11-10-13-6-4-5-9-16(13)17)12-20-21-19(24)18(23)14-7-2-1-3-8-14/h1-12,18,22-23H,(H,21,24)/b20-12-/t18-/m0/s1. The van der Waals surface area contributed by atoms with Crippen LogP contribution in [0.2, 0.25) is 0 Å². The third-order valence-corrected chi connectivity index (χ3v) is 3.67. The molecule has 120 valence electrons. The molecule has 0 spiro atoms. The highest BCUT2D eigenvalue weighted by Crippen LogP contribution is 2.27. The van der Waals surface area contributed by atoms with E-state index in [4.69, 9.17) is 0 Å². The van der Waals surface area contributed by atoms with Gasteiger partial charge in [-0.2, -0.15) is 5.10 Å². The molecule has 3 aromatic rings. The molecule has 3 aromatic carbocycles. The smallest absolute Gasteiger partial charge is 0.273 e. The van der Waals surface area contributed by atoms with Crippen LogP contribution in [0.3, 0.4) is 0 Å². The number of aromatic hydroxyl groups is 1. The first-order valence-corrected chi connectivity index (χ1v) is 7.43. The summed E-state index contributed by atoms with van der Waals surface area (Å²) >= 11 is 0. The molecule has 5 nitrogen and oxygen atoms in total. The van der Waals surface area contributed by atoms with Crippen molar-refractivity contribution in [2.24, 2.45) is 5.10 Å². The first kappa shape index (κ1) is 15.7. The molecular formula is C19H16N2O3. The van der Waals surface area contributed by atoms with E-state index in [1.165, 1.54) is 6.21 Å². The molecule has 0 radical (unpaired) electrons. The van der Waals surface area contributed by atoms with Gasteiger partial charge in [-0.3, -0.25) is 4.79 Å². The highest BCUT2D eigenvalue weighted by atomic mass is 16.3. The van der Waals surface area contributed by atoms with Gasteiger partial charge in [0.15, 0.2) is 6.10 Å². The van der Waals surface area contributed by atoms with Gasteiger partial charge in [0.25, 0.3) is 5.91 Å². The Morgan fingerprint density at radius 3 is 2.50 bits per heavy atom. The molecule has 1 atom stereocenters. The predicted octanol–water partition coefficient (Wildman–Crippen LogP) is 2.73. The van der Waals surface area contributed by atoms with Crippen LogP contribution in [0.1, 0.15) is 17.2 Å². The number of aliphatic hydroxyl groups excluding tert-OH is 1. The second-order valence-electron chi connectivity index (χ2n) is 5.27. The van der Waals surface area contributed by atoms with Crippen LogP contribution in [0.5, 0.6) is 5.75 Å². The number of hydrogen-bond acceptors (Lipinski definition) is 4. The van der Waals surface area contributed by atoms with E-state index in [1.54, 1.807) is 42.5 Å². The first-order valence-electron chi connectivity index (χ1n) is 7.43. The van der Waals surface area contributed by atoms with Crippen LogP contribution in [0.25, 0.3) is 10.8 Å². The molecule has 0 aliphatic rings. The minimum Gasteiger partial charge on any atom is -0.507 e. The van der Waals surface area contributed by atoms with Crippen LogP contribution >= 0.6 is 0 Å². The normalized spacial score (nSPS) is 12.4. The number of amides is 1. The summed E-state index contributed by atoms with van der Waals surface area (Å²) in [6.45, 7) is 0. The number of nitrogens with zero attached hydrogens (tertiary/aromatic N) is 1. The third kappa shape index (κ3) is 3.26. The summed E-state index contributed by atoms with van der Waals surface area (Å²) in [5, 5.41) is 25.6. The Morgan fingerprint density at radius 2 is 1.71 bits per heavy atom. The van der Waals surface area contributed by atoms with Crippen LogP contribution in [0.4, 0.5) is 0 Å². The predicted molar refractivity (Wildman–Crippen MR) is 92.8 cm³/mol. The molecule has 3 rings (SSSR count). The minimum atomic E-state index is -1.30. The van der Waals surface area contributed by atoms with E-state index in [0.717, 1.165) is 5.39 Å². The number of rotatable bonds is 4. The summed E-state index contributed by atoms with van der Waals surface area (Å²) in [6.07, 6.45) is 0.0470. The van der Waals surface area contributed by atoms with Gasteiger partial charge in [0, 0.05) is 10.9 Å². The molecule has 0 heterocycles. The van der Waals surface area contributed by atoms with Crippen molar-refractivity contribution in [3.8, 4) is 5.75 Å². The van der Waals surface area contributed by atoms with Crippen molar-refractivity contribution in [2.45, 2.75) is 6.10 Å². The van der Waals surface area contributed by atoms with Gasteiger partial charge in [-0.15, -0.1) is 0 Å². The van der Waals surface area contributed by atoms with E-state index in [-0.39, 0.29) is 5.75 Å². The van der Waals surface area contributed by atoms with Gasteiger partial charge in [0.1, 0.15) is 5.75 Å². The number of carbonyl (C=O) groups excluding carboxylic acids is 1. The van der Waals surface area contributed by atoms with Gasteiger partial charge < -0.3 is 10.2 Å². The van der Waals surface area contributed by atoms with Crippen LogP contribution < -0.4 is 5.43 Å². The fourth-order valence-electron chi connectivity index (χ4n) is 2.39. The van der Waals surface area contributed by atoms with Gasteiger partial charge in [-0.05, 0) is 17.0 Å². The van der Waals surface area contributed by atoms with Gasteiger partial charge in [0.05, 0.1) is 6.21 Å². The number of benzene rings is 3.